The molecule has 102 valence electrons. The van der Waals surface area contributed by atoms with Crippen LogP contribution in [0.1, 0.15) is 45.6 Å². The van der Waals surface area contributed by atoms with Gasteiger partial charge in [-0.05, 0) is 30.9 Å². The molecule has 0 saturated heterocycles. The van der Waals surface area contributed by atoms with E-state index < -0.39 is 9.84 Å². The van der Waals surface area contributed by atoms with Crippen molar-refractivity contribution in [3.63, 3.8) is 0 Å². The summed E-state index contributed by atoms with van der Waals surface area (Å²) in [5.74, 6) is 0.225. The van der Waals surface area contributed by atoms with Crippen LogP contribution in [0.15, 0.2) is 29.2 Å². The summed E-state index contributed by atoms with van der Waals surface area (Å²) in [6.07, 6.45) is 3.14. The Morgan fingerprint density at radius 1 is 1.11 bits per heavy atom. The first-order valence-corrected chi connectivity index (χ1v) is 8.21. The maximum absolute atomic E-state index is 12.3. The van der Waals surface area contributed by atoms with E-state index in [1.54, 1.807) is 12.1 Å². The molecule has 0 heterocycles. The Hall–Kier alpha value is -0.830. The lowest BCUT2D eigenvalue weighted by Gasteiger charge is -2.24. The summed E-state index contributed by atoms with van der Waals surface area (Å²) >= 11 is 0. The molecule has 1 aromatic carbocycles. The lowest BCUT2D eigenvalue weighted by Crippen LogP contribution is -2.24. The zero-order valence-corrected chi connectivity index (χ0v) is 12.7. The van der Waals surface area contributed by atoms with Crippen molar-refractivity contribution in [3.05, 3.63) is 29.8 Å². The Morgan fingerprint density at radius 3 is 2.17 bits per heavy atom. The second-order valence-electron chi connectivity index (χ2n) is 5.84. The van der Waals surface area contributed by atoms with Crippen LogP contribution in [0.25, 0.3) is 0 Å². The lowest BCUT2D eigenvalue weighted by molar-refractivity contribution is 0.364. The molecule has 0 spiro atoms. The number of hydrogen-bond acceptors (Lipinski definition) is 2. The van der Waals surface area contributed by atoms with Gasteiger partial charge in [0, 0.05) is 0 Å². The van der Waals surface area contributed by atoms with Gasteiger partial charge in [-0.1, -0.05) is 51.3 Å². The predicted octanol–water partition coefficient (Wildman–Crippen LogP) is 3.99. The van der Waals surface area contributed by atoms with Crippen molar-refractivity contribution in [2.24, 2.45) is 5.41 Å². The number of rotatable bonds is 6. The van der Waals surface area contributed by atoms with Crippen LogP contribution < -0.4 is 0 Å². The van der Waals surface area contributed by atoms with Crippen molar-refractivity contribution in [1.29, 1.82) is 0 Å². The third-order valence-corrected chi connectivity index (χ3v) is 5.32. The van der Waals surface area contributed by atoms with Crippen molar-refractivity contribution in [3.8, 4) is 0 Å². The smallest absolute Gasteiger partial charge is 0.178 e. The Bertz CT molecular complexity index is 470. The van der Waals surface area contributed by atoms with Crippen molar-refractivity contribution in [2.45, 2.75) is 51.9 Å². The first-order valence-electron chi connectivity index (χ1n) is 6.56. The van der Waals surface area contributed by atoms with E-state index in [9.17, 15) is 8.42 Å². The molecule has 0 atom stereocenters. The minimum Gasteiger partial charge on any atom is -0.224 e. The molecule has 0 saturated carbocycles. The van der Waals surface area contributed by atoms with Crippen LogP contribution in [0.4, 0.5) is 0 Å². The molecule has 0 fully saturated rings. The third kappa shape index (κ3) is 4.45. The Balaban J connectivity index is 2.84. The summed E-state index contributed by atoms with van der Waals surface area (Å²) in [5, 5.41) is 0. The number of hydrogen-bond donors (Lipinski definition) is 0. The minimum absolute atomic E-state index is 0.153. The van der Waals surface area contributed by atoms with E-state index in [1.807, 2.05) is 32.9 Å². The van der Waals surface area contributed by atoms with Crippen LogP contribution in [-0.4, -0.2) is 14.2 Å². The molecule has 0 aromatic heterocycles. The molecule has 0 aliphatic carbocycles. The standard InChI is InChI=1S/C15H24O2S/c1-5-6-11-15(3,4)12-18(16,17)14-9-7-13(2)8-10-14/h7-10H,5-6,11-12H2,1-4H3. The van der Waals surface area contributed by atoms with Gasteiger partial charge in [0.15, 0.2) is 9.84 Å². The average molecular weight is 268 g/mol. The fourth-order valence-electron chi connectivity index (χ4n) is 2.07. The van der Waals surface area contributed by atoms with E-state index in [4.69, 9.17) is 0 Å². The van der Waals surface area contributed by atoms with Gasteiger partial charge in [0.1, 0.15) is 0 Å². The second kappa shape index (κ2) is 5.87. The first-order chi connectivity index (χ1) is 8.27. The molecule has 1 aromatic rings. The van der Waals surface area contributed by atoms with Gasteiger partial charge in [-0.15, -0.1) is 0 Å². The quantitative estimate of drug-likeness (QED) is 0.782. The molecular weight excluding hydrogens is 244 g/mol. The third-order valence-electron chi connectivity index (χ3n) is 3.17. The second-order valence-corrected chi connectivity index (χ2v) is 7.83. The molecule has 0 aliphatic rings. The molecule has 0 radical (unpaired) electrons. The first kappa shape index (κ1) is 15.2. The number of benzene rings is 1. The van der Waals surface area contributed by atoms with Crippen LogP contribution in [0, 0.1) is 12.3 Å². The Morgan fingerprint density at radius 2 is 1.67 bits per heavy atom. The summed E-state index contributed by atoms with van der Waals surface area (Å²) < 4.78 is 24.6. The fraction of sp³-hybridized carbons (Fsp3) is 0.600. The van der Waals surface area contributed by atoms with E-state index in [0.29, 0.717) is 4.90 Å². The molecular formula is C15H24O2S. The van der Waals surface area contributed by atoms with Crippen LogP contribution >= 0.6 is 0 Å². The highest BCUT2D eigenvalue weighted by atomic mass is 32.2. The molecule has 1 rings (SSSR count). The van der Waals surface area contributed by atoms with Gasteiger partial charge in [-0.25, -0.2) is 8.42 Å². The number of aryl methyl sites for hydroxylation is 1. The highest BCUT2D eigenvalue weighted by Crippen LogP contribution is 2.28. The SMILES string of the molecule is CCCCC(C)(C)CS(=O)(=O)c1ccc(C)cc1. The normalized spacial score (nSPS) is 12.7. The summed E-state index contributed by atoms with van der Waals surface area (Å²) in [7, 11) is -3.17. The van der Waals surface area contributed by atoms with Crippen molar-refractivity contribution >= 4 is 9.84 Å². The molecule has 18 heavy (non-hydrogen) atoms. The lowest BCUT2D eigenvalue weighted by atomic mass is 9.90. The van der Waals surface area contributed by atoms with Gasteiger partial charge in [0.05, 0.1) is 10.6 Å². The van der Waals surface area contributed by atoms with E-state index in [-0.39, 0.29) is 11.2 Å². The Kier molecular flexibility index (Phi) is 4.97. The zero-order valence-electron chi connectivity index (χ0n) is 11.9. The van der Waals surface area contributed by atoms with Crippen molar-refractivity contribution in [2.75, 3.05) is 5.75 Å². The maximum atomic E-state index is 12.3. The monoisotopic (exact) mass is 268 g/mol. The fourth-order valence-corrected chi connectivity index (χ4v) is 3.96. The molecule has 0 unspecified atom stereocenters. The van der Waals surface area contributed by atoms with E-state index in [0.717, 1.165) is 24.8 Å². The van der Waals surface area contributed by atoms with E-state index >= 15 is 0 Å². The van der Waals surface area contributed by atoms with Gasteiger partial charge >= 0.3 is 0 Å². The molecule has 3 heteroatoms. The minimum atomic E-state index is -3.17. The number of unbranched alkanes of at least 4 members (excludes halogenated alkanes) is 1. The van der Waals surface area contributed by atoms with Gasteiger partial charge < -0.3 is 0 Å². The Labute approximate surface area is 111 Å². The molecule has 0 N–H and O–H groups in total. The summed E-state index contributed by atoms with van der Waals surface area (Å²) in [6.45, 7) is 8.16. The molecule has 0 amide bonds. The molecule has 0 bridgehead atoms. The largest absolute Gasteiger partial charge is 0.224 e. The highest BCUT2D eigenvalue weighted by molar-refractivity contribution is 7.91. The van der Waals surface area contributed by atoms with Gasteiger partial charge in [0.2, 0.25) is 0 Å². The number of sulfone groups is 1. The average Bonchev–Trinajstić information content (AvgIpc) is 2.25. The highest BCUT2D eigenvalue weighted by Gasteiger charge is 2.26. The maximum Gasteiger partial charge on any atom is 0.178 e. The molecule has 0 aliphatic heterocycles. The summed E-state index contributed by atoms with van der Waals surface area (Å²) in [4.78, 5) is 0.442. The zero-order chi connectivity index (χ0) is 13.8. The van der Waals surface area contributed by atoms with Crippen LogP contribution in [0.3, 0.4) is 0 Å². The van der Waals surface area contributed by atoms with Crippen LogP contribution in [-0.2, 0) is 9.84 Å². The van der Waals surface area contributed by atoms with E-state index in [1.165, 1.54) is 0 Å². The van der Waals surface area contributed by atoms with Crippen LogP contribution in [0.2, 0.25) is 0 Å². The van der Waals surface area contributed by atoms with Crippen LogP contribution in [0.5, 0.6) is 0 Å². The van der Waals surface area contributed by atoms with Gasteiger partial charge in [-0.3, -0.25) is 0 Å². The molecule has 2 nitrogen and oxygen atoms in total. The predicted molar refractivity (Wildman–Crippen MR) is 76.5 cm³/mol. The van der Waals surface area contributed by atoms with E-state index in [2.05, 4.69) is 6.92 Å². The summed E-state index contributed by atoms with van der Waals surface area (Å²) in [5.41, 5.74) is 0.930. The van der Waals surface area contributed by atoms with Crippen molar-refractivity contribution in [1.82, 2.24) is 0 Å². The summed E-state index contributed by atoms with van der Waals surface area (Å²) in [6, 6.07) is 7.12. The van der Waals surface area contributed by atoms with Crippen molar-refractivity contribution < 1.29 is 8.42 Å². The topological polar surface area (TPSA) is 34.1 Å². The van der Waals surface area contributed by atoms with Gasteiger partial charge in [0.25, 0.3) is 0 Å². The van der Waals surface area contributed by atoms with Gasteiger partial charge in [-0.2, -0.15) is 0 Å².